The van der Waals surface area contributed by atoms with Crippen molar-refractivity contribution in [3.8, 4) is 0 Å². The number of hydrogen-bond acceptors (Lipinski definition) is 3. The zero-order chi connectivity index (χ0) is 20.4. The van der Waals surface area contributed by atoms with Crippen molar-refractivity contribution in [3.63, 3.8) is 0 Å². The molecule has 3 amide bonds. The molecule has 0 spiro atoms. The molecule has 1 saturated carbocycles. The number of fused-ring (bicyclic) bond motifs is 1. The summed E-state index contributed by atoms with van der Waals surface area (Å²) in [6.07, 6.45) is 3.96. The Balaban J connectivity index is 1.24. The van der Waals surface area contributed by atoms with Crippen molar-refractivity contribution >= 4 is 17.7 Å². The van der Waals surface area contributed by atoms with Gasteiger partial charge in [0.25, 0.3) is 0 Å². The van der Waals surface area contributed by atoms with Gasteiger partial charge in [-0.2, -0.15) is 0 Å². The van der Waals surface area contributed by atoms with E-state index in [1.807, 2.05) is 4.90 Å². The lowest BCUT2D eigenvalue weighted by Crippen LogP contribution is -3.13. The lowest BCUT2D eigenvalue weighted by atomic mass is 9.81. The number of rotatable bonds is 5. The number of piperazine rings is 1. The molecule has 3 aliphatic rings. The monoisotopic (exact) mass is 398 g/mol. The van der Waals surface area contributed by atoms with Gasteiger partial charge in [-0.1, -0.05) is 42.7 Å². The van der Waals surface area contributed by atoms with Crippen LogP contribution in [-0.4, -0.2) is 60.2 Å². The summed E-state index contributed by atoms with van der Waals surface area (Å²) in [5.74, 6) is -0.268. The molecule has 1 aromatic carbocycles. The van der Waals surface area contributed by atoms with Crippen LogP contribution in [0.3, 0.4) is 0 Å². The number of likely N-dealkylation sites (tertiary alicyclic amines) is 1. The fourth-order valence-corrected chi connectivity index (χ4v) is 5.18. The van der Waals surface area contributed by atoms with Crippen LogP contribution in [0.5, 0.6) is 0 Å². The van der Waals surface area contributed by atoms with Gasteiger partial charge in [0.1, 0.15) is 6.54 Å². The normalized spacial score (nSPS) is 25.4. The highest BCUT2D eigenvalue weighted by molar-refractivity contribution is 6.05. The number of amides is 3. The molecule has 1 aliphatic carbocycles. The van der Waals surface area contributed by atoms with Gasteiger partial charge in [-0.3, -0.25) is 19.3 Å². The number of carbonyl (C=O) groups excluding carboxylic acids is 3. The average Bonchev–Trinajstić information content (AvgIpc) is 2.97. The molecule has 0 radical (unpaired) electrons. The minimum absolute atomic E-state index is 0.0417. The van der Waals surface area contributed by atoms with Gasteiger partial charge < -0.3 is 9.80 Å². The molecule has 0 unspecified atom stereocenters. The van der Waals surface area contributed by atoms with Gasteiger partial charge in [-0.25, -0.2) is 0 Å². The minimum atomic E-state index is -0.125. The zero-order valence-electron chi connectivity index (χ0n) is 17.4. The van der Waals surface area contributed by atoms with Gasteiger partial charge in [0.15, 0.2) is 0 Å². The van der Waals surface area contributed by atoms with Crippen LogP contribution < -0.4 is 4.90 Å². The number of imide groups is 1. The molecular formula is C23H32N3O3+. The molecule has 2 aliphatic heterocycles. The number of carbonyl (C=O) groups is 3. The summed E-state index contributed by atoms with van der Waals surface area (Å²) in [6.45, 7) is 6.71. The molecule has 2 atom stereocenters. The summed E-state index contributed by atoms with van der Waals surface area (Å²) < 4.78 is 0. The summed E-state index contributed by atoms with van der Waals surface area (Å²) in [5.41, 5.74) is 2.62. The maximum Gasteiger partial charge on any atom is 0.233 e. The summed E-state index contributed by atoms with van der Waals surface area (Å²) in [4.78, 5) is 42.5. The van der Waals surface area contributed by atoms with Gasteiger partial charge in [0.2, 0.25) is 17.7 Å². The smallest absolute Gasteiger partial charge is 0.233 e. The van der Waals surface area contributed by atoms with Crippen molar-refractivity contribution in [3.05, 3.63) is 35.4 Å². The third-order valence-electron chi connectivity index (χ3n) is 6.84. The molecule has 156 valence electrons. The van der Waals surface area contributed by atoms with Gasteiger partial charge in [-0.15, -0.1) is 0 Å². The van der Waals surface area contributed by atoms with Crippen LogP contribution in [0.1, 0.15) is 43.2 Å². The molecule has 0 bridgehead atoms. The minimum Gasteiger partial charge on any atom is -0.331 e. The van der Waals surface area contributed by atoms with Crippen LogP contribution in [-0.2, 0) is 20.9 Å². The average molecular weight is 399 g/mol. The van der Waals surface area contributed by atoms with Crippen LogP contribution in [0.25, 0.3) is 0 Å². The van der Waals surface area contributed by atoms with Gasteiger partial charge in [0, 0.05) is 18.5 Å². The Morgan fingerprint density at radius 3 is 2.34 bits per heavy atom. The van der Waals surface area contributed by atoms with Crippen LogP contribution in [0.4, 0.5) is 0 Å². The number of aryl methyl sites for hydroxylation is 1. The summed E-state index contributed by atoms with van der Waals surface area (Å²) >= 11 is 0. The lowest BCUT2D eigenvalue weighted by molar-refractivity contribution is -0.917. The largest absolute Gasteiger partial charge is 0.331 e. The Kier molecular flexibility index (Phi) is 5.99. The van der Waals surface area contributed by atoms with Crippen LogP contribution in [0, 0.1) is 18.8 Å². The van der Waals surface area contributed by atoms with E-state index in [9.17, 15) is 14.4 Å². The van der Waals surface area contributed by atoms with Gasteiger partial charge in [0.05, 0.1) is 38.0 Å². The highest BCUT2D eigenvalue weighted by Gasteiger charge is 2.47. The highest BCUT2D eigenvalue weighted by Crippen LogP contribution is 2.37. The molecule has 2 heterocycles. The van der Waals surface area contributed by atoms with E-state index >= 15 is 0 Å². The maximum absolute atomic E-state index is 12.7. The Morgan fingerprint density at radius 1 is 1.07 bits per heavy atom. The van der Waals surface area contributed by atoms with E-state index in [0.717, 1.165) is 58.4 Å². The molecule has 6 nitrogen and oxygen atoms in total. The third kappa shape index (κ3) is 4.37. The molecular weight excluding hydrogens is 366 g/mol. The predicted octanol–water partition coefficient (Wildman–Crippen LogP) is 0.787. The first-order valence-electron chi connectivity index (χ1n) is 11.0. The molecule has 2 saturated heterocycles. The number of quaternary nitrogens is 1. The molecule has 29 heavy (non-hydrogen) atoms. The fourth-order valence-electron chi connectivity index (χ4n) is 5.18. The van der Waals surface area contributed by atoms with E-state index in [0.29, 0.717) is 0 Å². The molecule has 6 heteroatoms. The van der Waals surface area contributed by atoms with E-state index in [2.05, 4.69) is 31.2 Å². The van der Waals surface area contributed by atoms with E-state index in [-0.39, 0.29) is 42.5 Å². The number of nitrogens with zero attached hydrogens (tertiary/aromatic N) is 2. The Labute approximate surface area is 172 Å². The fraction of sp³-hybridized carbons (Fsp3) is 0.609. The summed E-state index contributed by atoms with van der Waals surface area (Å²) in [5, 5.41) is 0. The molecule has 4 rings (SSSR count). The van der Waals surface area contributed by atoms with Crippen molar-refractivity contribution < 1.29 is 19.3 Å². The molecule has 1 aromatic rings. The summed E-state index contributed by atoms with van der Waals surface area (Å²) in [7, 11) is 0. The molecule has 1 N–H and O–H groups in total. The maximum atomic E-state index is 12.7. The van der Waals surface area contributed by atoms with E-state index < -0.39 is 0 Å². The van der Waals surface area contributed by atoms with Crippen LogP contribution in [0.15, 0.2) is 24.3 Å². The Morgan fingerprint density at radius 2 is 1.72 bits per heavy atom. The topological polar surface area (TPSA) is 62.1 Å². The first kappa shape index (κ1) is 20.1. The predicted molar refractivity (Wildman–Crippen MR) is 109 cm³/mol. The molecule has 0 aromatic heterocycles. The second-order valence-electron chi connectivity index (χ2n) is 8.87. The lowest BCUT2D eigenvalue weighted by Gasteiger charge is -2.32. The van der Waals surface area contributed by atoms with E-state index in [4.69, 9.17) is 0 Å². The van der Waals surface area contributed by atoms with Crippen molar-refractivity contribution in [1.82, 2.24) is 9.80 Å². The second kappa shape index (κ2) is 8.66. The van der Waals surface area contributed by atoms with Gasteiger partial charge >= 0.3 is 0 Å². The van der Waals surface area contributed by atoms with Crippen molar-refractivity contribution in [1.29, 1.82) is 0 Å². The van der Waals surface area contributed by atoms with E-state index in [1.165, 1.54) is 20.9 Å². The summed E-state index contributed by atoms with van der Waals surface area (Å²) in [6, 6.07) is 8.60. The first-order chi connectivity index (χ1) is 14.0. The third-order valence-corrected chi connectivity index (χ3v) is 6.84. The van der Waals surface area contributed by atoms with E-state index in [1.54, 1.807) is 0 Å². The zero-order valence-corrected chi connectivity index (χ0v) is 17.4. The quantitative estimate of drug-likeness (QED) is 0.746. The van der Waals surface area contributed by atoms with Crippen molar-refractivity contribution in [2.75, 3.05) is 32.7 Å². The second-order valence-corrected chi connectivity index (χ2v) is 8.87. The number of nitrogens with one attached hydrogen (secondary N) is 1. The SMILES string of the molecule is Cc1cccc(C[NH+]2CCN(C(=O)CCN3C(=O)[C@@H]4CCCC[C@H]4C3=O)CC2)c1. The number of hydrogen-bond donors (Lipinski definition) is 1. The van der Waals surface area contributed by atoms with Gasteiger partial charge in [-0.05, 0) is 19.8 Å². The van der Waals surface area contributed by atoms with Crippen molar-refractivity contribution in [2.24, 2.45) is 11.8 Å². The first-order valence-corrected chi connectivity index (χ1v) is 11.0. The molecule has 3 fully saturated rings. The standard InChI is InChI=1S/C23H31N3O3/c1-17-5-4-6-18(15-17)16-24-11-13-25(14-12-24)21(27)9-10-26-22(28)19-7-2-3-8-20(19)23(26)29/h4-6,15,19-20H,2-3,7-14,16H2,1H3/p+1/t19-,20-/m1/s1. The van der Waals surface area contributed by atoms with Crippen molar-refractivity contribution in [2.45, 2.75) is 45.6 Å². The Hall–Kier alpha value is -2.21. The Bertz CT molecular complexity index is 761. The highest BCUT2D eigenvalue weighted by atomic mass is 16.2. The van der Waals surface area contributed by atoms with Crippen LogP contribution >= 0.6 is 0 Å². The van der Waals surface area contributed by atoms with Crippen LogP contribution in [0.2, 0.25) is 0 Å². The number of benzene rings is 1.